The zero-order chi connectivity index (χ0) is 22.8. The second-order valence-corrected chi connectivity index (χ2v) is 6.89. The summed E-state index contributed by atoms with van der Waals surface area (Å²) in [7, 11) is 0. The average Bonchev–Trinajstić information content (AvgIpc) is 3.36. The van der Waals surface area contributed by atoms with Gasteiger partial charge in [0.15, 0.2) is 5.78 Å². The Labute approximate surface area is 174 Å². The number of Topliss-reactive ketones (excluding diaryl/α,β-unsaturated/α-hetero) is 1. The molecule has 0 bridgehead atoms. The highest BCUT2D eigenvalue weighted by molar-refractivity contribution is 5.97. The number of nitrogens with zero attached hydrogens (tertiary/aromatic N) is 4. The van der Waals surface area contributed by atoms with E-state index in [1.165, 1.54) is 29.8 Å². The zero-order valence-corrected chi connectivity index (χ0v) is 16.5. The van der Waals surface area contributed by atoms with Crippen LogP contribution < -0.4 is 5.32 Å². The first-order valence-corrected chi connectivity index (χ1v) is 9.11. The predicted molar refractivity (Wildman–Crippen MR) is 103 cm³/mol. The van der Waals surface area contributed by atoms with Gasteiger partial charge in [0, 0.05) is 24.7 Å². The fourth-order valence-corrected chi connectivity index (χ4v) is 2.90. The van der Waals surface area contributed by atoms with Gasteiger partial charge in [0.2, 0.25) is 0 Å². The Balaban J connectivity index is 1.70. The lowest BCUT2D eigenvalue weighted by Crippen LogP contribution is -2.36. The van der Waals surface area contributed by atoms with Crippen molar-refractivity contribution in [2.24, 2.45) is 0 Å². The monoisotopic (exact) mass is 430 g/mol. The summed E-state index contributed by atoms with van der Waals surface area (Å²) in [5.74, 6) is -0.731. The molecule has 1 aromatic carbocycles. The van der Waals surface area contributed by atoms with Gasteiger partial charge in [-0.3, -0.25) is 19.4 Å². The van der Waals surface area contributed by atoms with Crippen molar-refractivity contribution in [1.29, 1.82) is 5.26 Å². The number of carbonyl (C=O) groups excluding carboxylic acids is 2. The first-order chi connectivity index (χ1) is 14.6. The second-order valence-electron chi connectivity index (χ2n) is 6.89. The number of carbonyl (C=O) groups is 2. The van der Waals surface area contributed by atoms with E-state index in [0.29, 0.717) is 5.69 Å². The summed E-state index contributed by atoms with van der Waals surface area (Å²) in [6, 6.07) is 7.45. The van der Waals surface area contributed by atoms with Crippen LogP contribution in [0.4, 0.5) is 13.2 Å². The first-order valence-electron chi connectivity index (χ1n) is 9.11. The quantitative estimate of drug-likeness (QED) is 0.583. The van der Waals surface area contributed by atoms with Crippen LogP contribution in [0, 0.1) is 11.3 Å². The molecule has 2 aromatic heterocycles. The maximum atomic E-state index is 13.2. The van der Waals surface area contributed by atoms with Gasteiger partial charge in [-0.2, -0.15) is 28.6 Å². The fourth-order valence-electron chi connectivity index (χ4n) is 2.90. The van der Waals surface area contributed by atoms with Gasteiger partial charge in [0.05, 0.1) is 29.4 Å². The molecule has 0 saturated carbocycles. The summed E-state index contributed by atoms with van der Waals surface area (Å²) in [6.45, 7) is 3.31. The summed E-state index contributed by atoms with van der Waals surface area (Å²) in [4.78, 5) is 23.5. The number of rotatable bonds is 6. The minimum Gasteiger partial charge on any atom is -0.346 e. The van der Waals surface area contributed by atoms with E-state index in [2.05, 4.69) is 20.6 Å². The fraction of sp³-hybridized carbons (Fsp3) is 0.250. The molecule has 3 rings (SSSR count). The van der Waals surface area contributed by atoms with Crippen molar-refractivity contribution >= 4 is 11.7 Å². The second kappa shape index (κ2) is 8.43. The third kappa shape index (κ3) is 4.98. The van der Waals surface area contributed by atoms with Gasteiger partial charge in [0.1, 0.15) is 11.4 Å². The van der Waals surface area contributed by atoms with Crippen LogP contribution in [0.5, 0.6) is 0 Å². The molecule has 160 valence electrons. The zero-order valence-electron chi connectivity index (χ0n) is 16.5. The van der Waals surface area contributed by atoms with Gasteiger partial charge in [-0.05, 0) is 31.2 Å². The SMILES string of the molecule is CC(=O)c1cc(C(=O)N[C@@H](C)Cn2ccc(-c3ccc(C#N)c(C(F)(F)F)c3)n2)[nH]n1. The van der Waals surface area contributed by atoms with Gasteiger partial charge in [-0.15, -0.1) is 0 Å². The number of hydrogen-bond acceptors (Lipinski definition) is 5. The lowest BCUT2D eigenvalue weighted by atomic mass is 10.0. The molecule has 3 aromatic rings. The van der Waals surface area contributed by atoms with Crippen LogP contribution >= 0.6 is 0 Å². The van der Waals surface area contributed by atoms with Crippen LogP contribution in [-0.4, -0.2) is 37.7 Å². The Kier molecular flexibility index (Phi) is 5.92. The van der Waals surface area contributed by atoms with Crippen molar-refractivity contribution in [1.82, 2.24) is 25.3 Å². The summed E-state index contributed by atoms with van der Waals surface area (Å²) in [6.07, 6.45) is -3.08. The van der Waals surface area contributed by atoms with E-state index < -0.39 is 23.2 Å². The molecule has 0 saturated heterocycles. The number of alkyl halides is 3. The Hall–Kier alpha value is -3.94. The largest absolute Gasteiger partial charge is 0.417 e. The molecular weight excluding hydrogens is 413 g/mol. The Bertz CT molecular complexity index is 1170. The average molecular weight is 430 g/mol. The van der Waals surface area contributed by atoms with E-state index in [1.54, 1.807) is 19.2 Å². The van der Waals surface area contributed by atoms with Crippen molar-refractivity contribution in [3.63, 3.8) is 0 Å². The summed E-state index contributed by atoms with van der Waals surface area (Å²) in [5, 5.41) is 22.1. The Morgan fingerprint density at radius 1 is 1.29 bits per heavy atom. The topological polar surface area (TPSA) is 116 Å². The standard InChI is InChI=1S/C20H17F3N6O2/c1-11(25-19(31)18-8-17(12(2)30)26-27-18)10-29-6-5-16(28-29)13-3-4-14(9-24)15(7-13)20(21,22)23/h3-8,11H,10H2,1-2H3,(H,25,31)(H,26,27)/t11-/m0/s1. The molecule has 0 fully saturated rings. The minimum absolute atomic E-state index is 0.135. The molecule has 0 aliphatic rings. The van der Waals surface area contributed by atoms with Crippen LogP contribution in [-0.2, 0) is 12.7 Å². The minimum atomic E-state index is -4.66. The number of benzene rings is 1. The molecule has 1 atom stereocenters. The van der Waals surface area contributed by atoms with E-state index in [1.807, 2.05) is 0 Å². The van der Waals surface area contributed by atoms with Gasteiger partial charge in [-0.1, -0.05) is 6.07 Å². The van der Waals surface area contributed by atoms with Crippen LogP contribution in [0.25, 0.3) is 11.3 Å². The highest BCUT2D eigenvalue weighted by Gasteiger charge is 2.34. The number of nitrogens with one attached hydrogen (secondary N) is 2. The predicted octanol–water partition coefficient (Wildman–Crippen LogP) is 3.18. The van der Waals surface area contributed by atoms with E-state index in [0.717, 1.165) is 12.1 Å². The number of amides is 1. The molecule has 8 nitrogen and oxygen atoms in total. The van der Waals surface area contributed by atoms with E-state index in [4.69, 9.17) is 5.26 Å². The Morgan fingerprint density at radius 2 is 2.03 bits per heavy atom. The van der Waals surface area contributed by atoms with Gasteiger partial charge in [0.25, 0.3) is 5.91 Å². The number of ketones is 1. The Morgan fingerprint density at radius 3 is 2.65 bits per heavy atom. The van der Waals surface area contributed by atoms with Crippen molar-refractivity contribution < 1.29 is 22.8 Å². The number of aromatic amines is 1. The summed E-state index contributed by atoms with van der Waals surface area (Å²) in [5.41, 5.74) is -0.680. The van der Waals surface area contributed by atoms with Crippen LogP contribution in [0.1, 0.15) is 46.0 Å². The van der Waals surface area contributed by atoms with Crippen LogP contribution in [0.3, 0.4) is 0 Å². The van der Waals surface area contributed by atoms with Crippen molar-refractivity contribution in [2.45, 2.75) is 32.6 Å². The molecule has 2 heterocycles. The molecule has 0 aliphatic heterocycles. The van der Waals surface area contributed by atoms with Gasteiger partial charge < -0.3 is 5.32 Å². The molecule has 1 amide bonds. The number of nitriles is 1. The molecule has 0 unspecified atom stereocenters. The molecular formula is C20H17F3N6O2. The third-order valence-electron chi connectivity index (χ3n) is 4.40. The van der Waals surface area contributed by atoms with E-state index in [9.17, 15) is 22.8 Å². The van der Waals surface area contributed by atoms with Crippen LogP contribution in [0.2, 0.25) is 0 Å². The van der Waals surface area contributed by atoms with Crippen molar-refractivity contribution in [2.75, 3.05) is 0 Å². The normalized spacial score (nSPS) is 12.3. The molecule has 2 N–H and O–H groups in total. The van der Waals surface area contributed by atoms with E-state index in [-0.39, 0.29) is 35.3 Å². The van der Waals surface area contributed by atoms with Crippen molar-refractivity contribution in [3.05, 3.63) is 59.0 Å². The molecule has 0 aliphatic carbocycles. The highest BCUT2D eigenvalue weighted by Crippen LogP contribution is 2.34. The van der Waals surface area contributed by atoms with Crippen molar-refractivity contribution in [3.8, 4) is 17.3 Å². The third-order valence-corrected chi connectivity index (χ3v) is 4.40. The number of halogens is 3. The smallest absolute Gasteiger partial charge is 0.346 e. The molecule has 0 radical (unpaired) electrons. The maximum Gasteiger partial charge on any atom is 0.417 e. The maximum absolute atomic E-state index is 13.2. The molecule has 31 heavy (non-hydrogen) atoms. The number of aromatic nitrogens is 4. The van der Waals surface area contributed by atoms with E-state index >= 15 is 0 Å². The first kappa shape index (κ1) is 21.8. The molecule has 11 heteroatoms. The van der Waals surface area contributed by atoms with Gasteiger partial charge in [-0.25, -0.2) is 0 Å². The highest BCUT2D eigenvalue weighted by atomic mass is 19.4. The van der Waals surface area contributed by atoms with Gasteiger partial charge >= 0.3 is 6.18 Å². The summed E-state index contributed by atoms with van der Waals surface area (Å²) < 4.78 is 41.0. The number of hydrogen-bond donors (Lipinski definition) is 2. The lowest BCUT2D eigenvalue weighted by molar-refractivity contribution is -0.137. The van der Waals surface area contributed by atoms with Crippen LogP contribution in [0.15, 0.2) is 36.5 Å². The molecule has 0 spiro atoms. The summed E-state index contributed by atoms with van der Waals surface area (Å²) >= 11 is 0. The number of H-pyrrole nitrogens is 1. The lowest BCUT2D eigenvalue weighted by Gasteiger charge is -2.13.